The molecule has 1 saturated carbocycles. The Morgan fingerprint density at radius 3 is 2.38 bits per heavy atom. The third kappa shape index (κ3) is 4.01. The van der Waals surface area contributed by atoms with E-state index in [1.165, 1.54) is 38.4 Å². The summed E-state index contributed by atoms with van der Waals surface area (Å²) in [7, 11) is -5.32. The summed E-state index contributed by atoms with van der Waals surface area (Å²) in [6.45, 7) is -0.271. The molecule has 0 radical (unpaired) electrons. The largest absolute Gasteiger partial charge is 0.490 e. The molecule has 12 heteroatoms. The molecule has 1 aliphatic carbocycles. The maximum absolute atomic E-state index is 15.3. The maximum Gasteiger partial charge on any atom is 0.278 e. The van der Waals surface area contributed by atoms with Crippen LogP contribution in [-0.2, 0) is 24.8 Å². The van der Waals surface area contributed by atoms with Gasteiger partial charge in [-0.15, -0.1) is 0 Å². The monoisotopic (exact) mass is 534 g/mol. The van der Waals surface area contributed by atoms with Crippen LogP contribution in [0.25, 0.3) is 0 Å². The van der Waals surface area contributed by atoms with Crippen molar-refractivity contribution in [1.29, 1.82) is 0 Å². The van der Waals surface area contributed by atoms with E-state index in [9.17, 15) is 21.2 Å². The molecule has 2 aliphatic rings. The summed E-state index contributed by atoms with van der Waals surface area (Å²) in [5.41, 5.74) is -0.334. The summed E-state index contributed by atoms with van der Waals surface area (Å²) in [6.07, 6.45) is 0.900. The van der Waals surface area contributed by atoms with E-state index in [0.29, 0.717) is 17.9 Å². The van der Waals surface area contributed by atoms with Gasteiger partial charge in [0.15, 0.2) is 21.4 Å². The number of hydrogen-bond acceptors (Lipinski definition) is 5. The van der Waals surface area contributed by atoms with Gasteiger partial charge >= 0.3 is 0 Å². The minimum atomic E-state index is -4.29. The van der Waals surface area contributed by atoms with Crippen LogP contribution >= 0.6 is 11.6 Å². The molecule has 1 fully saturated rings. The highest BCUT2D eigenvalue weighted by molar-refractivity contribution is 7.92. The topological polar surface area (TPSA) is 92.8 Å². The second-order valence-corrected chi connectivity index (χ2v) is 13.4. The summed E-state index contributed by atoms with van der Waals surface area (Å²) >= 11 is 5.95. The van der Waals surface area contributed by atoms with E-state index in [4.69, 9.17) is 16.3 Å². The van der Waals surface area contributed by atoms with Crippen LogP contribution in [0.1, 0.15) is 24.8 Å². The fourth-order valence-corrected chi connectivity index (χ4v) is 8.35. The van der Waals surface area contributed by atoms with E-state index >= 15 is 4.39 Å². The van der Waals surface area contributed by atoms with E-state index in [1.54, 1.807) is 0 Å². The van der Waals surface area contributed by atoms with Gasteiger partial charge in [-0.1, -0.05) is 18.0 Å². The molecule has 3 atom stereocenters. The van der Waals surface area contributed by atoms with Crippen molar-refractivity contribution >= 4 is 31.6 Å². The summed E-state index contributed by atoms with van der Waals surface area (Å²) < 4.78 is 90.3. The van der Waals surface area contributed by atoms with Gasteiger partial charge in [-0.25, -0.2) is 21.9 Å². The first-order chi connectivity index (χ1) is 15.9. The van der Waals surface area contributed by atoms with Crippen LogP contribution < -0.4 is 9.46 Å². The number of hydrogen-bond donors (Lipinski definition) is 1. The second kappa shape index (κ2) is 9.02. The lowest BCUT2D eigenvalue weighted by Crippen LogP contribution is -2.56. The number of ether oxygens (including phenoxy) is 1. The number of fused-ring (bicyclic) bond motifs is 3. The normalized spacial score (nSPS) is 24.9. The van der Waals surface area contributed by atoms with Gasteiger partial charge < -0.3 is 4.74 Å². The molecule has 0 saturated heterocycles. The fraction of sp³-hybridized carbons (Fsp3) is 0.455. The van der Waals surface area contributed by atoms with E-state index in [0.717, 1.165) is 16.4 Å². The molecule has 1 heterocycles. The molecule has 2 aromatic rings. The van der Waals surface area contributed by atoms with Crippen molar-refractivity contribution in [3.8, 4) is 5.75 Å². The Kier molecular flexibility index (Phi) is 6.71. The first kappa shape index (κ1) is 25.3. The summed E-state index contributed by atoms with van der Waals surface area (Å²) in [4.78, 5) is -0.0760. The maximum atomic E-state index is 15.3. The smallest absolute Gasteiger partial charge is 0.278 e. The number of rotatable bonds is 6. The highest BCUT2D eigenvalue weighted by Crippen LogP contribution is 2.58. The molecule has 1 N–H and O–H groups in total. The molecular weight excluding hydrogens is 510 g/mol. The molecule has 7 nitrogen and oxygen atoms in total. The Balaban J connectivity index is 1.90. The van der Waals surface area contributed by atoms with Crippen LogP contribution in [0, 0.1) is 23.5 Å². The third-order valence-electron chi connectivity index (χ3n) is 6.79. The molecule has 2 aromatic carbocycles. The lowest BCUT2D eigenvalue weighted by molar-refractivity contribution is 0.0769. The number of halogens is 3. The Morgan fingerprint density at radius 2 is 1.74 bits per heavy atom. The zero-order valence-electron chi connectivity index (χ0n) is 18.6. The van der Waals surface area contributed by atoms with Crippen molar-refractivity contribution in [2.24, 2.45) is 11.8 Å². The summed E-state index contributed by atoms with van der Waals surface area (Å²) in [6, 6.07) is 7.34. The average Bonchev–Trinajstić information content (AvgIpc) is 2.79. The number of benzene rings is 2. The van der Waals surface area contributed by atoms with Gasteiger partial charge in [-0.3, -0.25) is 0 Å². The van der Waals surface area contributed by atoms with Crippen molar-refractivity contribution in [1.82, 2.24) is 9.03 Å². The highest BCUT2D eigenvalue weighted by Gasteiger charge is 2.60. The van der Waals surface area contributed by atoms with Gasteiger partial charge in [0.25, 0.3) is 10.2 Å². The van der Waals surface area contributed by atoms with Gasteiger partial charge in [0.05, 0.1) is 17.1 Å². The minimum Gasteiger partial charge on any atom is -0.490 e. The standard InChI is InChI=1S/C22H25ClF2N2O5S2/c1-27(2)34(30,31)26-12-14-4-3-11-22(33(28,29)16-7-5-15(23)6-8-16)17(14)13-32-21-19(25)10-9-18(24)20(21)22/h5-10,14,17,26H,3-4,11-13H2,1-2H3/t14-,17-,22-/m0/s1. The first-order valence-corrected chi connectivity index (χ1v) is 14.0. The predicted molar refractivity (Wildman–Crippen MR) is 124 cm³/mol. The Morgan fingerprint density at radius 1 is 1.09 bits per heavy atom. The Hall–Kier alpha value is -1.79. The summed E-state index contributed by atoms with van der Waals surface area (Å²) in [5, 5.41) is 0.331. The van der Waals surface area contributed by atoms with E-state index in [1.807, 2.05) is 0 Å². The van der Waals surface area contributed by atoms with Gasteiger partial charge in [-0.05, 0) is 55.2 Å². The van der Waals surface area contributed by atoms with Gasteiger partial charge in [0, 0.05) is 31.6 Å². The Bertz CT molecular complexity index is 1300. The van der Waals surface area contributed by atoms with Gasteiger partial charge in [0.1, 0.15) is 10.6 Å². The molecule has 0 spiro atoms. The number of nitrogens with zero attached hydrogens (tertiary/aromatic N) is 1. The van der Waals surface area contributed by atoms with Crippen LogP contribution in [0.5, 0.6) is 5.75 Å². The molecule has 1 aliphatic heterocycles. The molecule has 4 rings (SSSR count). The van der Waals surface area contributed by atoms with Crippen molar-refractivity contribution in [2.75, 3.05) is 27.2 Å². The lowest BCUT2D eigenvalue weighted by Gasteiger charge is -2.50. The van der Waals surface area contributed by atoms with Crippen LogP contribution in [-0.4, -0.2) is 48.4 Å². The minimum absolute atomic E-state index is 0.0380. The zero-order valence-corrected chi connectivity index (χ0v) is 21.0. The van der Waals surface area contributed by atoms with Crippen LogP contribution in [0.3, 0.4) is 0 Å². The highest BCUT2D eigenvalue weighted by atomic mass is 35.5. The van der Waals surface area contributed by atoms with Gasteiger partial charge in [-0.2, -0.15) is 12.7 Å². The van der Waals surface area contributed by atoms with Crippen molar-refractivity contribution in [2.45, 2.75) is 28.9 Å². The van der Waals surface area contributed by atoms with Crippen molar-refractivity contribution in [3.05, 3.63) is 58.6 Å². The molecule has 0 bridgehead atoms. The van der Waals surface area contributed by atoms with Crippen LogP contribution in [0.4, 0.5) is 8.78 Å². The Labute approximate surface area is 203 Å². The molecule has 34 heavy (non-hydrogen) atoms. The number of nitrogens with one attached hydrogen (secondary N) is 1. The zero-order chi connectivity index (χ0) is 24.9. The van der Waals surface area contributed by atoms with Crippen LogP contribution in [0.2, 0.25) is 5.02 Å². The van der Waals surface area contributed by atoms with Crippen molar-refractivity contribution in [3.63, 3.8) is 0 Å². The van der Waals surface area contributed by atoms with E-state index < -0.39 is 54.0 Å². The van der Waals surface area contributed by atoms with Crippen molar-refractivity contribution < 1.29 is 30.4 Å². The molecular formula is C22H25ClF2N2O5S2. The lowest BCUT2D eigenvalue weighted by atomic mass is 9.67. The van der Waals surface area contributed by atoms with E-state index in [2.05, 4.69) is 4.72 Å². The summed E-state index contributed by atoms with van der Waals surface area (Å²) in [5.74, 6) is -3.47. The number of sulfone groups is 1. The van der Waals surface area contributed by atoms with E-state index in [-0.39, 0.29) is 30.0 Å². The molecule has 186 valence electrons. The SMILES string of the molecule is CN(C)S(=O)(=O)NC[C@@H]1CCC[C@@]2(S(=O)(=O)c3ccc(Cl)cc3)c3c(F)ccc(F)c3OC[C@@H]12. The average molecular weight is 535 g/mol. The molecule has 0 aromatic heterocycles. The molecule has 0 amide bonds. The fourth-order valence-electron chi connectivity index (χ4n) is 5.09. The molecule has 0 unspecified atom stereocenters. The first-order valence-electron chi connectivity index (χ1n) is 10.7. The van der Waals surface area contributed by atoms with Gasteiger partial charge in [0.2, 0.25) is 0 Å². The third-order valence-corrected chi connectivity index (χ3v) is 11.1. The second-order valence-electron chi connectivity index (χ2n) is 8.79. The van der Waals surface area contributed by atoms with Crippen LogP contribution in [0.15, 0.2) is 41.3 Å². The predicted octanol–water partition coefficient (Wildman–Crippen LogP) is 3.49. The quantitative estimate of drug-likeness (QED) is 0.612.